The Balaban J connectivity index is -0.000000641. The molecule has 836 valence electrons. The van der Waals surface area contributed by atoms with Crippen molar-refractivity contribution >= 4 is 0 Å². The van der Waals surface area contributed by atoms with Gasteiger partial charge in [-0.25, -0.2) is 0 Å². The lowest BCUT2D eigenvalue weighted by Gasteiger charge is -2.36. The van der Waals surface area contributed by atoms with Crippen LogP contribution < -0.4 is 34.0 Å². The van der Waals surface area contributed by atoms with E-state index in [1.165, 1.54) is 483 Å². The van der Waals surface area contributed by atoms with E-state index in [-0.39, 0.29) is 60.2 Å². The Morgan fingerprint density at radius 1 is 0.259 bits per heavy atom. The van der Waals surface area contributed by atoms with E-state index in [0.29, 0.717) is 0 Å². The van der Waals surface area contributed by atoms with Gasteiger partial charge in [-0.3, -0.25) is 0 Å². The average Bonchev–Trinajstić information content (AvgIpc) is 0.878. The number of hydrogen-bond acceptors (Lipinski definition) is 11. The summed E-state index contributed by atoms with van der Waals surface area (Å²) in [5, 5.41) is 9.45. The van der Waals surface area contributed by atoms with Crippen molar-refractivity contribution in [3.8, 4) is 0 Å². The summed E-state index contributed by atoms with van der Waals surface area (Å²) in [5.41, 5.74) is 0. The summed E-state index contributed by atoms with van der Waals surface area (Å²) >= 11 is 0. The van der Waals surface area contributed by atoms with E-state index in [9.17, 15) is 5.11 Å². The minimum Gasteiger partial charge on any atom is -1.00 e. The zero-order valence-corrected chi connectivity index (χ0v) is 99.3. The van der Waals surface area contributed by atoms with E-state index in [0.717, 1.165) is 151 Å². The molecule has 0 bridgehead atoms. The fourth-order valence-corrected chi connectivity index (χ4v) is 19.0. The molecule has 0 aromatic heterocycles. The van der Waals surface area contributed by atoms with E-state index in [4.69, 9.17) is 28.4 Å². The van der Waals surface area contributed by atoms with E-state index >= 15 is 0 Å². The number of nitrogens with zero attached hydrogens (tertiary/aromatic N) is 7. The Hall–Kier alpha value is -0.640. The molecular formula is C123H254Br2N7O7+. The molecular weight excluding hydrogens is 1850 g/mol. The van der Waals surface area contributed by atoms with Crippen LogP contribution in [0.1, 0.15) is 506 Å². The van der Waals surface area contributed by atoms with Gasteiger partial charge in [0.2, 0.25) is 0 Å². The lowest BCUT2D eigenvalue weighted by atomic mass is 10.1. The van der Waals surface area contributed by atoms with Crippen molar-refractivity contribution in [2.45, 2.75) is 518 Å². The molecule has 0 aromatic rings. The Bertz CT molecular complexity index is 2340. The number of allylic oxidation sites excluding steroid dienone is 8. The molecule has 1 rings (SSSR count). The summed E-state index contributed by atoms with van der Waals surface area (Å²) in [4.78, 5) is 10.0. The first-order valence-electron chi connectivity index (χ1n) is 60.6. The number of quaternary nitrogens is 3. The summed E-state index contributed by atoms with van der Waals surface area (Å²) in [6.45, 7) is 46.2. The van der Waals surface area contributed by atoms with Crippen molar-refractivity contribution in [3.05, 3.63) is 48.6 Å². The van der Waals surface area contributed by atoms with Crippen molar-refractivity contribution in [2.24, 2.45) is 0 Å². The average molecular weight is 2100 g/mol. The number of rotatable bonds is 108. The summed E-state index contributed by atoms with van der Waals surface area (Å²) in [6, 6.07) is 0. The van der Waals surface area contributed by atoms with Crippen LogP contribution >= 0.6 is 0 Å². The second kappa shape index (κ2) is 119. The molecule has 2 atom stereocenters. The van der Waals surface area contributed by atoms with Crippen LogP contribution in [-0.2, 0) is 28.4 Å². The van der Waals surface area contributed by atoms with Crippen LogP contribution in [-0.4, -0.2) is 284 Å². The van der Waals surface area contributed by atoms with Crippen LogP contribution in [0.3, 0.4) is 0 Å². The Morgan fingerprint density at radius 2 is 0.525 bits per heavy atom. The van der Waals surface area contributed by atoms with Gasteiger partial charge in [0.15, 0.2) is 0 Å². The molecule has 1 aliphatic rings. The molecule has 0 aliphatic carbocycles. The van der Waals surface area contributed by atoms with Gasteiger partial charge in [0.05, 0.1) is 87.9 Å². The van der Waals surface area contributed by atoms with E-state index < -0.39 is 0 Å². The highest BCUT2D eigenvalue weighted by molar-refractivity contribution is 4.84. The third-order valence-corrected chi connectivity index (χ3v) is 28.2. The third-order valence-electron chi connectivity index (χ3n) is 28.2. The maximum absolute atomic E-state index is 9.45. The van der Waals surface area contributed by atoms with Gasteiger partial charge >= 0.3 is 0 Å². The summed E-state index contributed by atoms with van der Waals surface area (Å²) in [5.74, 6) is 0. The lowest BCUT2D eigenvalue weighted by Crippen LogP contribution is -3.00. The molecule has 2 unspecified atom stereocenters. The fraction of sp³-hybridized carbons (Fsp3) is 0.935. The molecule has 1 fully saturated rings. The number of piperazine rings is 1. The molecule has 1 heterocycles. The second-order valence-corrected chi connectivity index (χ2v) is 43.8. The molecule has 0 amide bonds. The molecule has 0 radical (unpaired) electrons. The number of unbranched alkanes of at least 4 members (excludes halogenated alkanes) is 54. The van der Waals surface area contributed by atoms with Crippen molar-refractivity contribution in [1.29, 1.82) is 0 Å². The van der Waals surface area contributed by atoms with Gasteiger partial charge in [0.25, 0.3) is 0 Å². The van der Waals surface area contributed by atoms with Crippen LogP contribution in [0.4, 0.5) is 0 Å². The minimum absolute atomic E-state index is 0. The van der Waals surface area contributed by atoms with Gasteiger partial charge in [0.1, 0.15) is 38.4 Å². The van der Waals surface area contributed by atoms with Crippen molar-refractivity contribution in [2.75, 3.05) is 233 Å². The normalized spacial score (nSPS) is 13.5. The number of halogens is 2. The van der Waals surface area contributed by atoms with E-state index in [1.807, 2.05) is 0 Å². The topological polar surface area (TPSA) is 88.6 Å². The Kier molecular flexibility index (Phi) is 126. The lowest BCUT2D eigenvalue weighted by molar-refractivity contribution is -0.910. The predicted octanol–water partition coefficient (Wildman–Crippen LogP) is 26.8. The zero-order valence-electron chi connectivity index (χ0n) is 96.1. The number of aliphatic hydroxyl groups excluding tert-OH is 1. The van der Waals surface area contributed by atoms with Crippen molar-refractivity contribution < 1.29 is 80.9 Å². The highest BCUT2D eigenvalue weighted by atomic mass is 79.9. The molecule has 16 heteroatoms. The quantitative estimate of drug-likeness (QED) is 0.0359. The number of likely N-dealkylation sites (N-methyl/N-ethyl adjacent to an activating group) is 3. The standard InChI is InChI=1S/C43H86N3O2.C41H87N2O3.C38H77N2O2.CH4.2BrH/c1-6-9-11-13-15-17-19-21-23-25-27-29-39-47-42-43(48-40-30-28-26-24-22-20-18-16-14-12-10-7-2)41-46(4,5)38-31-33-45-36-34-44(32-8-3)35-37-45;1-5-8-10-12-14-16-18-20-22-24-26-28-38-45-40-35-43(4,34-30-32-42(31-7-3)33-37-44)36-41-46-39-29-27-25-23-21-19-17-15-13-11-9-6-2;1-7-9-11-13-15-17-19-21-23-25-27-29-34-41-37-38(36-40(5,6)33-31-32-39(3)4)42-35-30-28-26-24-22-20-18-16-14-12-10-8-2;;;/h13-16,43H,6-12,17-42H2,1-5H3;44H,5-41H2,1-4H3;13-16,38H,7-12,17-37H2,1-6H3;1H4;2*1H/q3*+1;;;/p-2/b15-13-,16-14-;;15-13-,16-14-;;;. The van der Waals surface area contributed by atoms with Gasteiger partial charge in [-0.1, -0.05) is 407 Å². The maximum Gasteiger partial charge on any atom is 0.130 e. The van der Waals surface area contributed by atoms with Gasteiger partial charge in [0, 0.05) is 111 Å². The molecule has 1 N–H and O–H groups in total. The molecule has 1 aliphatic heterocycles. The molecule has 0 spiro atoms. The van der Waals surface area contributed by atoms with E-state index in [2.05, 4.69) is 173 Å². The summed E-state index contributed by atoms with van der Waals surface area (Å²) < 4.78 is 40.8. The van der Waals surface area contributed by atoms with Crippen LogP contribution in [0.5, 0.6) is 0 Å². The molecule has 139 heavy (non-hydrogen) atoms. The molecule has 14 nitrogen and oxygen atoms in total. The van der Waals surface area contributed by atoms with Gasteiger partial charge in [-0.15, -0.1) is 0 Å². The van der Waals surface area contributed by atoms with Crippen LogP contribution in [0.15, 0.2) is 48.6 Å². The SMILES string of the molecule is C.CCCC/C=C\CCCCCCCCOCC(C[N+](C)(C)CCCN(C)C)OCCCCCCCC/C=C\CCCC.CCCC/C=C\CCCCCCCCOCC(C[N+](C)(C)CCCN1CCN(CCC)CC1)OCCCCCCCC/C=C\CCCC.CCCCCCCCCCCCCCOCC[N+](C)(CCCN(CCC)CCO)CCOCCCCCCCCCCCCCC.[Br-].[Br-]. The zero-order chi connectivity index (χ0) is 99.5. The second-order valence-electron chi connectivity index (χ2n) is 43.8. The number of ether oxygens (including phenoxy) is 6. The first kappa shape index (κ1) is 147. The highest BCUT2D eigenvalue weighted by Crippen LogP contribution is 2.21. The molecule has 1 saturated heterocycles. The van der Waals surface area contributed by atoms with Crippen molar-refractivity contribution in [3.63, 3.8) is 0 Å². The first-order valence-corrected chi connectivity index (χ1v) is 60.6. The van der Waals surface area contributed by atoms with E-state index in [1.54, 1.807) is 0 Å². The number of aliphatic hydroxyl groups is 1. The largest absolute Gasteiger partial charge is 1.00 e. The highest BCUT2D eigenvalue weighted by Gasteiger charge is 2.27. The summed E-state index contributed by atoms with van der Waals surface area (Å²) in [6.07, 6.45) is 111. The maximum atomic E-state index is 9.45. The smallest absolute Gasteiger partial charge is 0.130 e. The first-order chi connectivity index (χ1) is 66.5. The third kappa shape index (κ3) is 116. The van der Waals surface area contributed by atoms with Gasteiger partial charge in [-0.05, 0) is 156 Å². The Morgan fingerprint density at radius 3 is 0.820 bits per heavy atom. The van der Waals surface area contributed by atoms with Crippen LogP contribution in [0.2, 0.25) is 0 Å². The van der Waals surface area contributed by atoms with Crippen LogP contribution in [0.25, 0.3) is 0 Å². The monoisotopic (exact) mass is 2100 g/mol. The van der Waals surface area contributed by atoms with Gasteiger partial charge < -0.3 is 101 Å². The summed E-state index contributed by atoms with van der Waals surface area (Å²) in [7, 11) is 16.2. The molecule has 0 aromatic carbocycles. The van der Waals surface area contributed by atoms with Gasteiger partial charge in [-0.2, -0.15) is 0 Å². The number of hydrogen-bond donors (Lipinski definition) is 1. The molecule has 0 saturated carbocycles. The van der Waals surface area contributed by atoms with Crippen molar-refractivity contribution in [1.82, 2.24) is 19.6 Å². The fourth-order valence-electron chi connectivity index (χ4n) is 19.0. The van der Waals surface area contributed by atoms with Crippen LogP contribution in [0, 0.1) is 0 Å². The minimum atomic E-state index is 0. The Labute approximate surface area is 894 Å². The predicted molar refractivity (Wildman–Crippen MR) is 609 cm³/mol.